The average Bonchev–Trinajstić information content (AvgIpc) is 2.66. The van der Waals surface area contributed by atoms with Crippen LogP contribution in [0.4, 0.5) is 37.7 Å². The fourth-order valence-corrected chi connectivity index (χ4v) is 4.53. The van der Waals surface area contributed by atoms with Gasteiger partial charge in [0.25, 0.3) is 5.69 Å². The summed E-state index contributed by atoms with van der Waals surface area (Å²) >= 11 is 5.69. The lowest BCUT2D eigenvalue weighted by Crippen LogP contribution is -2.24. The topological polar surface area (TPSA) is 123 Å². The SMILES string of the molecule is O=C(CS(=O)(=O)c1ccc(S(=O)C(F)(F)F)cc1[N+](=O)[O-])Nc1cc(C(F)(F)F)ccc1Cl. The molecular weight excluding hydrogens is 530 g/mol. The lowest BCUT2D eigenvalue weighted by molar-refractivity contribution is -0.388. The number of nitrogens with zero attached hydrogens (tertiary/aromatic N) is 1. The number of hydrogen-bond acceptors (Lipinski definition) is 6. The molecule has 2 aromatic carbocycles. The lowest BCUT2D eigenvalue weighted by atomic mass is 10.2. The molecule has 0 radical (unpaired) electrons. The van der Waals surface area contributed by atoms with Crippen molar-refractivity contribution < 1.29 is 48.7 Å². The van der Waals surface area contributed by atoms with E-state index in [1.807, 2.05) is 5.32 Å². The van der Waals surface area contributed by atoms with Gasteiger partial charge in [0.05, 0.1) is 26.1 Å². The van der Waals surface area contributed by atoms with Gasteiger partial charge in [-0.1, -0.05) is 11.6 Å². The van der Waals surface area contributed by atoms with E-state index in [-0.39, 0.29) is 11.1 Å². The van der Waals surface area contributed by atoms with Crippen LogP contribution in [0.15, 0.2) is 46.2 Å². The quantitative estimate of drug-likeness (QED) is 0.332. The molecule has 0 heterocycles. The van der Waals surface area contributed by atoms with E-state index in [0.717, 1.165) is 6.07 Å². The minimum absolute atomic E-state index is 0.137. The third kappa shape index (κ3) is 6.42. The van der Waals surface area contributed by atoms with E-state index >= 15 is 0 Å². The fraction of sp³-hybridized carbons (Fsp3) is 0.188. The molecule has 0 fully saturated rings. The summed E-state index contributed by atoms with van der Waals surface area (Å²) in [6.45, 7) is 0. The number of anilines is 1. The molecule has 8 nitrogen and oxygen atoms in total. The van der Waals surface area contributed by atoms with E-state index in [9.17, 15) is 53.9 Å². The van der Waals surface area contributed by atoms with Crippen LogP contribution in [0.3, 0.4) is 0 Å². The smallest absolute Gasteiger partial charge is 0.324 e. The van der Waals surface area contributed by atoms with Crippen LogP contribution in [-0.4, -0.2) is 34.7 Å². The number of carbonyl (C=O) groups excluding carboxylic acids is 1. The Labute approximate surface area is 188 Å². The zero-order valence-electron chi connectivity index (χ0n) is 15.5. The van der Waals surface area contributed by atoms with Crippen molar-refractivity contribution >= 4 is 49.5 Å². The van der Waals surface area contributed by atoms with Gasteiger partial charge in [-0.2, -0.15) is 26.3 Å². The highest BCUT2D eigenvalue weighted by molar-refractivity contribution is 7.92. The number of sulfone groups is 1. The second-order valence-electron chi connectivity index (χ2n) is 6.10. The van der Waals surface area contributed by atoms with Gasteiger partial charge in [-0.05, 0) is 30.3 Å². The van der Waals surface area contributed by atoms with Crippen LogP contribution < -0.4 is 5.32 Å². The highest BCUT2D eigenvalue weighted by atomic mass is 35.5. The molecule has 1 N–H and O–H groups in total. The first-order valence-corrected chi connectivity index (χ1v) is 11.3. The van der Waals surface area contributed by atoms with Gasteiger partial charge in [-0.15, -0.1) is 0 Å². The molecule has 0 bridgehead atoms. The molecule has 1 atom stereocenters. The molecule has 0 aromatic heterocycles. The van der Waals surface area contributed by atoms with Crippen molar-refractivity contribution in [1.82, 2.24) is 0 Å². The summed E-state index contributed by atoms with van der Waals surface area (Å²) in [6.07, 6.45) is -4.81. The summed E-state index contributed by atoms with van der Waals surface area (Å²) < 4.78 is 113. The van der Waals surface area contributed by atoms with Crippen LogP contribution in [0, 0.1) is 10.1 Å². The lowest BCUT2D eigenvalue weighted by Gasteiger charge is -2.12. The van der Waals surface area contributed by atoms with E-state index in [4.69, 9.17) is 11.6 Å². The van der Waals surface area contributed by atoms with Gasteiger partial charge in [0.1, 0.15) is 10.6 Å². The molecule has 180 valence electrons. The molecule has 17 heteroatoms. The molecule has 0 saturated heterocycles. The van der Waals surface area contributed by atoms with Crippen molar-refractivity contribution in [2.24, 2.45) is 0 Å². The molecule has 1 amide bonds. The van der Waals surface area contributed by atoms with E-state index in [1.165, 1.54) is 0 Å². The number of nitro benzene ring substituents is 1. The van der Waals surface area contributed by atoms with Gasteiger partial charge in [-0.25, -0.2) is 12.6 Å². The molecule has 33 heavy (non-hydrogen) atoms. The average molecular weight is 539 g/mol. The maximum absolute atomic E-state index is 12.8. The minimum atomic E-state index is -5.28. The third-order valence-electron chi connectivity index (χ3n) is 3.78. The largest absolute Gasteiger partial charge is 0.475 e. The molecule has 0 aliphatic carbocycles. The predicted octanol–water partition coefficient (Wildman–Crippen LogP) is 4.31. The second-order valence-corrected chi connectivity index (χ2v) is 9.94. The number of hydrogen-bond donors (Lipinski definition) is 1. The number of halogens is 7. The van der Waals surface area contributed by atoms with Gasteiger partial charge in [0, 0.05) is 6.07 Å². The molecule has 1 unspecified atom stereocenters. The highest BCUT2D eigenvalue weighted by Gasteiger charge is 2.40. The number of amides is 1. The van der Waals surface area contributed by atoms with Gasteiger partial charge < -0.3 is 5.32 Å². The molecule has 0 aliphatic rings. The summed E-state index contributed by atoms with van der Waals surface area (Å²) in [5, 5.41) is 12.6. The Morgan fingerprint density at radius 2 is 1.70 bits per heavy atom. The predicted molar refractivity (Wildman–Crippen MR) is 103 cm³/mol. The summed E-state index contributed by atoms with van der Waals surface area (Å²) in [6, 6.07) is 2.75. The van der Waals surface area contributed by atoms with Crippen LogP contribution >= 0.6 is 11.6 Å². The molecule has 2 rings (SSSR count). The Kier molecular flexibility index (Phi) is 7.45. The van der Waals surface area contributed by atoms with Gasteiger partial charge in [0.15, 0.2) is 20.6 Å². The Morgan fingerprint density at radius 3 is 2.21 bits per heavy atom. The Morgan fingerprint density at radius 1 is 1.09 bits per heavy atom. The first kappa shape index (κ1) is 26.5. The van der Waals surface area contributed by atoms with Crippen molar-refractivity contribution in [3.05, 3.63) is 57.1 Å². The number of nitro groups is 1. The third-order valence-corrected chi connectivity index (χ3v) is 6.87. The van der Waals surface area contributed by atoms with E-state index < -0.39 is 75.6 Å². The van der Waals surface area contributed by atoms with Crippen molar-refractivity contribution in [3.8, 4) is 0 Å². The van der Waals surface area contributed by atoms with Crippen LogP contribution in [0.5, 0.6) is 0 Å². The van der Waals surface area contributed by atoms with Gasteiger partial charge in [-0.3, -0.25) is 14.9 Å². The zero-order chi connectivity index (χ0) is 25.4. The number of carbonyl (C=O) groups is 1. The van der Waals surface area contributed by atoms with Gasteiger partial charge in [0.2, 0.25) is 5.91 Å². The summed E-state index contributed by atoms with van der Waals surface area (Å²) in [5.74, 6) is -2.96. The van der Waals surface area contributed by atoms with Crippen molar-refractivity contribution in [3.63, 3.8) is 0 Å². The normalized spacial score (nSPS) is 13.4. The van der Waals surface area contributed by atoms with Crippen molar-refractivity contribution in [1.29, 1.82) is 0 Å². The molecule has 0 aliphatic heterocycles. The van der Waals surface area contributed by atoms with Crippen LogP contribution in [0.25, 0.3) is 0 Å². The summed E-state index contributed by atoms with van der Waals surface area (Å²) in [4.78, 5) is 19.7. The number of alkyl halides is 6. The summed E-state index contributed by atoms with van der Waals surface area (Å²) in [5.41, 5.74) is -8.47. The number of nitrogens with one attached hydrogen (secondary N) is 1. The van der Waals surface area contributed by atoms with Crippen LogP contribution in [0.2, 0.25) is 5.02 Å². The first-order chi connectivity index (χ1) is 14.9. The minimum Gasteiger partial charge on any atom is -0.324 e. The van der Waals surface area contributed by atoms with E-state index in [2.05, 4.69) is 0 Å². The molecular formula is C16H9ClF6N2O6S2. The van der Waals surface area contributed by atoms with Crippen molar-refractivity contribution in [2.75, 3.05) is 11.1 Å². The molecule has 0 spiro atoms. The van der Waals surface area contributed by atoms with E-state index in [1.54, 1.807) is 0 Å². The summed E-state index contributed by atoms with van der Waals surface area (Å²) in [7, 11) is -8.58. The van der Waals surface area contributed by atoms with Crippen LogP contribution in [-0.2, 0) is 31.6 Å². The maximum atomic E-state index is 12.8. The number of benzene rings is 2. The van der Waals surface area contributed by atoms with Crippen molar-refractivity contribution in [2.45, 2.75) is 21.5 Å². The fourth-order valence-electron chi connectivity index (χ4n) is 2.39. The Balaban J connectivity index is 2.37. The second kappa shape index (κ2) is 9.26. The highest BCUT2D eigenvalue weighted by Crippen LogP contribution is 2.35. The Bertz CT molecular complexity index is 1250. The Hall–Kier alpha value is -2.72. The standard InChI is InChI=1S/C16H9ClF6N2O6S2/c17-10-3-1-8(15(18,19)20)5-11(10)24-14(26)7-33(30,31)13-4-2-9(6-12(13)25(27)28)32(29)16(21,22)23/h1-6H,7H2,(H,24,26). The van der Waals surface area contributed by atoms with Crippen LogP contribution in [0.1, 0.15) is 5.56 Å². The monoisotopic (exact) mass is 538 g/mol. The first-order valence-electron chi connectivity index (χ1n) is 8.10. The molecule has 0 saturated carbocycles. The zero-order valence-corrected chi connectivity index (χ0v) is 17.9. The van der Waals surface area contributed by atoms with Gasteiger partial charge >= 0.3 is 11.7 Å². The maximum Gasteiger partial charge on any atom is 0.475 e. The molecule has 2 aromatic rings. The number of rotatable bonds is 6. The van der Waals surface area contributed by atoms with E-state index in [0.29, 0.717) is 24.3 Å².